The molecule has 5 heteroatoms. The van der Waals surface area contributed by atoms with E-state index in [-0.39, 0.29) is 11.2 Å². The maximum absolute atomic E-state index is 6.19. The van der Waals surface area contributed by atoms with Crippen LogP contribution in [0.15, 0.2) is 173 Å². The summed E-state index contributed by atoms with van der Waals surface area (Å²) in [5, 5.41) is 7.87. The van der Waals surface area contributed by atoms with Crippen LogP contribution in [-0.2, 0) is 0 Å². The number of rotatable bonds is 4. The highest BCUT2D eigenvalue weighted by molar-refractivity contribution is 8.00. The fourth-order valence-corrected chi connectivity index (χ4v) is 12.1. The minimum Gasteiger partial charge on any atom is -0.461 e. The second-order valence-corrected chi connectivity index (χ2v) is 17.1. The van der Waals surface area contributed by atoms with E-state index in [9.17, 15) is 0 Å². The van der Waals surface area contributed by atoms with E-state index in [1.54, 1.807) is 0 Å². The summed E-state index contributed by atoms with van der Waals surface area (Å²) in [6.07, 6.45) is 9.10. The van der Waals surface area contributed by atoms with Gasteiger partial charge in [-0.2, -0.15) is 0 Å². The Bertz CT molecular complexity index is 3630. The van der Waals surface area contributed by atoms with E-state index in [1.807, 2.05) is 0 Å². The van der Waals surface area contributed by atoms with E-state index in [1.165, 1.54) is 87.6 Å². The molecule has 0 spiro atoms. The number of allylic oxidation sites excluding steroid dienone is 2. The SMILES string of the molecule is C/C=C\c1c(C)oc2ccc(-n3c4c(c5ccccc53)C3Sc5c(ccc6c5c5ccccc5n6-c5ccc6c(c5)c5ccccc5n6-c5ccccc5)C3C=C4)cc12. The van der Waals surface area contributed by atoms with Crippen LogP contribution in [0, 0.1) is 6.92 Å². The molecular formula is C54H37N3OS. The van der Waals surface area contributed by atoms with Gasteiger partial charge in [-0.1, -0.05) is 97.1 Å². The Morgan fingerprint density at radius 3 is 2.00 bits per heavy atom. The lowest BCUT2D eigenvalue weighted by atomic mass is 9.86. The molecule has 2 aliphatic rings. The summed E-state index contributed by atoms with van der Waals surface area (Å²) in [4.78, 5) is 1.40. The minimum absolute atomic E-state index is 0.253. The molecule has 0 amide bonds. The molecule has 280 valence electrons. The Balaban J connectivity index is 0.988. The number of para-hydroxylation sites is 4. The molecule has 0 bridgehead atoms. The molecule has 0 radical (unpaired) electrons. The largest absolute Gasteiger partial charge is 0.461 e. The average Bonchev–Trinajstić information content (AvgIpc) is 4.07. The van der Waals surface area contributed by atoms with Gasteiger partial charge in [0, 0.05) is 71.0 Å². The summed E-state index contributed by atoms with van der Waals surface area (Å²) in [6, 6.07) is 55.9. The van der Waals surface area contributed by atoms with Gasteiger partial charge < -0.3 is 18.1 Å². The molecule has 1 aliphatic carbocycles. The Morgan fingerprint density at radius 1 is 0.559 bits per heavy atom. The van der Waals surface area contributed by atoms with Crippen LogP contribution < -0.4 is 0 Å². The molecule has 5 heterocycles. The van der Waals surface area contributed by atoms with Crippen LogP contribution in [0.1, 0.15) is 46.2 Å². The summed E-state index contributed by atoms with van der Waals surface area (Å²) in [5.74, 6) is 1.22. The van der Waals surface area contributed by atoms with Crippen molar-refractivity contribution < 1.29 is 4.42 Å². The summed E-state index contributed by atoms with van der Waals surface area (Å²) in [5.41, 5.74) is 15.8. The molecule has 4 aromatic heterocycles. The van der Waals surface area contributed by atoms with Gasteiger partial charge in [-0.15, -0.1) is 11.8 Å². The highest BCUT2D eigenvalue weighted by Crippen LogP contribution is 2.62. The Morgan fingerprint density at radius 2 is 1.19 bits per heavy atom. The molecule has 2 atom stereocenters. The van der Waals surface area contributed by atoms with E-state index in [0.29, 0.717) is 0 Å². The minimum atomic E-state index is 0.253. The number of thioether (sulfide) groups is 1. The van der Waals surface area contributed by atoms with E-state index in [0.717, 1.165) is 28.0 Å². The van der Waals surface area contributed by atoms with E-state index >= 15 is 0 Å². The maximum Gasteiger partial charge on any atom is 0.135 e. The second-order valence-electron chi connectivity index (χ2n) is 15.9. The van der Waals surface area contributed by atoms with Crippen LogP contribution >= 0.6 is 11.8 Å². The smallest absolute Gasteiger partial charge is 0.135 e. The standard InChI is InChI=1S/C54H37N3OS/c1-3-13-36-32(2)58-50-29-23-35(31-43(36)50)57-46-21-12-9-18-41(46)52-49(57)28-25-39-38-24-27-48-51(53(38)59-54(39)52)40-17-8-11-20-45(40)56(48)34-22-26-47-42(30-34)37-16-7-10-19-44(37)55(47)33-14-5-4-6-15-33/h3-31,39,54H,1-2H3/b13-3-. The third-order valence-electron chi connectivity index (χ3n) is 12.9. The molecule has 4 nitrogen and oxygen atoms in total. The number of hydrogen-bond donors (Lipinski definition) is 0. The number of hydrogen-bond acceptors (Lipinski definition) is 2. The van der Waals surface area contributed by atoms with Crippen molar-refractivity contribution in [1.29, 1.82) is 0 Å². The molecule has 13 rings (SSSR count). The van der Waals surface area contributed by atoms with Gasteiger partial charge in [-0.25, -0.2) is 0 Å². The molecule has 0 N–H and O–H groups in total. The van der Waals surface area contributed by atoms with Gasteiger partial charge in [0.05, 0.1) is 33.3 Å². The Hall–Kier alpha value is -6.95. The molecule has 59 heavy (non-hydrogen) atoms. The van der Waals surface area contributed by atoms with Crippen LogP contribution in [0.3, 0.4) is 0 Å². The van der Waals surface area contributed by atoms with Crippen molar-refractivity contribution in [3.63, 3.8) is 0 Å². The van der Waals surface area contributed by atoms with Gasteiger partial charge >= 0.3 is 0 Å². The molecule has 11 aromatic rings. The van der Waals surface area contributed by atoms with Gasteiger partial charge in [0.1, 0.15) is 11.3 Å². The number of fused-ring (bicyclic) bond motifs is 15. The summed E-state index contributed by atoms with van der Waals surface area (Å²) in [6.45, 7) is 4.12. The fourth-order valence-electron chi connectivity index (χ4n) is 10.4. The first kappa shape index (κ1) is 33.1. The van der Waals surface area contributed by atoms with Gasteiger partial charge in [0.2, 0.25) is 0 Å². The van der Waals surface area contributed by atoms with Crippen LogP contribution in [0.5, 0.6) is 0 Å². The van der Waals surface area contributed by atoms with Crippen molar-refractivity contribution in [2.24, 2.45) is 0 Å². The lowest BCUT2D eigenvalue weighted by molar-refractivity contribution is 0.577. The predicted octanol–water partition coefficient (Wildman–Crippen LogP) is 14.9. The highest BCUT2D eigenvalue weighted by atomic mass is 32.2. The van der Waals surface area contributed by atoms with E-state index < -0.39 is 0 Å². The van der Waals surface area contributed by atoms with Crippen molar-refractivity contribution in [2.45, 2.75) is 29.9 Å². The zero-order valence-electron chi connectivity index (χ0n) is 32.6. The van der Waals surface area contributed by atoms with E-state index in [4.69, 9.17) is 4.42 Å². The number of aryl methyl sites for hydroxylation is 1. The topological polar surface area (TPSA) is 27.9 Å². The number of furan rings is 1. The molecule has 0 saturated heterocycles. The number of aromatic nitrogens is 3. The lowest BCUT2D eigenvalue weighted by Crippen LogP contribution is -2.08. The molecular weight excluding hydrogens is 739 g/mol. The van der Waals surface area contributed by atoms with Crippen molar-refractivity contribution in [3.8, 4) is 17.1 Å². The molecule has 0 fully saturated rings. The quantitative estimate of drug-likeness (QED) is 0.178. The van der Waals surface area contributed by atoms with Crippen LogP contribution in [-0.4, -0.2) is 13.7 Å². The molecule has 0 saturated carbocycles. The van der Waals surface area contributed by atoms with Crippen molar-refractivity contribution in [3.05, 3.63) is 192 Å². The first-order valence-corrected chi connectivity index (χ1v) is 21.3. The Kier molecular flexibility index (Phi) is 6.88. The predicted molar refractivity (Wildman–Crippen MR) is 248 cm³/mol. The third kappa shape index (κ3) is 4.51. The molecule has 7 aromatic carbocycles. The summed E-state index contributed by atoms with van der Waals surface area (Å²) < 4.78 is 13.5. The van der Waals surface area contributed by atoms with Crippen molar-refractivity contribution in [2.75, 3.05) is 0 Å². The molecule has 2 unspecified atom stereocenters. The summed E-state index contributed by atoms with van der Waals surface area (Å²) in [7, 11) is 0. The number of nitrogens with zero attached hydrogens (tertiary/aromatic N) is 3. The van der Waals surface area contributed by atoms with Crippen molar-refractivity contribution >= 4 is 89.4 Å². The fraction of sp³-hybridized carbons (Fsp3) is 0.0741. The Labute approximate surface area is 344 Å². The van der Waals surface area contributed by atoms with Crippen LogP contribution in [0.4, 0.5) is 0 Å². The first-order chi connectivity index (χ1) is 29.2. The van der Waals surface area contributed by atoms with Gasteiger partial charge in [-0.3, -0.25) is 0 Å². The average molecular weight is 776 g/mol. The van der Waals surface area contributed by atoms with Crippen LogP contribution in [0.25, 0.3) is 94.7 Å². The van der Waals surface area contributed by atoms with E-state index in [2.05, 4.69) is 215 Å². The second kappa shape index (κ2) is 12.3. The molecule has 1 aliphatic heterocycles. The highest BCUT2D eigenvalue weighted by Gasteiger charge is 2.40. The van der Waals surface area contributed by atoms with Crippen LogP contribution in [0.2, 0.25) is 0 Å². The lowest BCUT2D eigenvalue weighted by Gasteiger charge is -2.22. The zero-order chi connectivity index (χ0) is 38.9. The summed E-state index contributed by atoms with van der Waals surface area (Å²) >= 11 is 2.05. The van der Waals surface area contributed by atoms with Gasteiger partial charge in [0.15, 0.2) is 0 Å². The maximum atomic E-state index is 6.19. The van der Waals surface area contributed by atoms with Gasteiger partial charge in [-0.05, 0) is 104 Å². The third-order valence-corrected chi connectivity index (χ3v) is 14.3. The van der Waals surface area contributed by atoms with Crippen molar-refractivity contribution in [1.82, 2.24) is 13.7 Å². The van der Waals surface area contributed by atoms with Gasteiger partial charge in [0.25, 0.3) is 0 Å². The monoisotopic (exact) mass is 775 g/mol. The zero-order valence-corrected chi connectivity index (χ0v) is 33.4. The normalized spacial score (nSPS) is 16.1. The number of benzene rings is 7. The first-order valence-electron chi connectivity index (χ1n) is 20.5.